The van der Waals surface area contributed by atoms with Crippen LogP contribution < -0.4 is 5.32 Å². The van der Waals surface area contributed by atoms with Crippen LogP contribution in [0.3, 0.4) is 0 Å². The Bertz CT molecular complexity index is 99.3. The van der Waals surface area contributed by atoms with E-state index in [4.69, 9.17) is 0 Å². The van der Waals surface area contributed by atoms with Crippen molar-refractivity contribution in [3.05, 3.63) is 0 Å². The summed E-state index contributed by atoms with van der Waals surface area (Å²) in [7, 11) is 0. The van der Waals surface area contributed by atoms with Gasteiger partial charge in [-0.1, -0.05) is 47.0 Å². The summed E-state index contributed by atoms with van der Waals surface area (Å²) in [5, 5.41) is 3.65. The molecule has 0 aliphatic carbocycles. The lowest BCUT2D eigenvalue weighted by molar-refractivity contribution is 0.408. The van der Waals surface area contributed by atoms with Gasteiger partial charge in [-0.25, -0.2) is 0 Å². The quantitative estimate of drug-likeness (QED) is 0.609. The van der Waals surface area contributed by atoms with E-state index in [0.29, 0.717) is 0 Å². The van der Waals surface area contributed by atoms with Gasteiger partial charge in [-0.05, 0) is 25.3 Å². The summed E-state index contributed by atoms with van der Waals surface area (Å²) >= 11 is 0. The fraction of sp³-hybridized carbons (Fsp3) is 1.00. The summed E-state index contributed by atoms with van der Waals surface area (Å²) in [6.07, 6.45) is 6.70. The monoisotopic (exact) mass is 185 g/mol. The minimum absolute atomic E-state index is 0.771. The fourth-order valence-electron chi connectivity index (χ4n) is 1.55. The van der Waals surface area contributed by atoms with E-state index in [2.05, 4.69) is 33.0 Å². The van der Waals surface area contributed by atoms with Gasteiger partial charge in [-0.3, -0.25) is 0 Å². The van der Waals surface area contributed by atoms with Crippen molar-refractivity contribution in [1.82, 2.24) is 5.32 Å². The largest absolute Gasteiger partial charge is 0.314 e. The minimum atomic E-state index is 0.771. The molecule has 0 amide bonds. The van der Waals surface area contributed by atoms with E-state index in [9.17, 15) is 0 Å². The maximum atomic E-state index is 3.65. The molecule has 0 aromatic heterocycles. The standard InChI is InChI=1S/C12H27N/c1-5-7-9-12(8-6-2)13-10-11(3)4/h11-13H,5-10H2,1-4H3. The van der Waals surface area contributed by atoms with Crippen LogP contribution in [0.25, 0.3) is 0 Å². The average molecular weight is 185 g/mol. The van der Waals surface area contributed by atoms with Crippen LogP contribution in [0.5, 0.6) is 0 Å². The van der Waals surface area contributed by atoms with Crippen molar-refractivity contribution in [2.24, 2.45) is 5.92 Å². The van der Waals surface area contributed by atoms with Crippen molar-refractivity contribution < 1.29 is 0 Å². The SMILES string of the molecule is CCCCC(CCC)NCC(C)C. The van der Waals surface area contributed by atoms with E-state index in [1.54, 1.807) is 0 Å². The van der Waals surface area contributed by atoms with Gasteiger partial charge in [-0.15, -0.1) is 0 Å². The van der Waals surface area contributed by atoms with Gasteiger partial charge in [0.1, 0.15) is 0 Å². The number of unbranched alkanes of at least 4 members (excludes halogenated alkanes) is 1. The van der Waals surface area contributed by atoms with Crippen LogP contribution in [0.1, 0.15) is 59.8 Å². The molecule has 80 valence electrons. The minimum Gasteiger partial charge on any atom is -0.314 e. The zero-order chi connectivity index (χ0) is 10.1. The first-order valence-corrected chi connectivity index (χ1v) is 5.94. The lowest BCUT2D eigenvalue weighted by Crippen LogP contribution is -2.32. The van der Waals surface area contributed by atoms with Crippen molar-refractivity contribution in [3.8, 4) is 0 Å². The second kappa shape index (κ2) is 8.55. The molecule has 0 bridgehead atoms. The van der Waals surface area contributed by atoms with Crippen LogP contribution >= 0.6 is 0 Å². The topological polar surface area (TPSA) is 12.0 Å². The third-order valence-corrected chi connectivity index (χ3v) is 2.36. The third kappa shape index (κ3) is 8.29. The zero-order valence-electron chi connectivity index (χ0n) is 9.90. The number of hydrogen-bond acceptors (Lipinski definition) is 1. The van der Waals surface area contributed by atoms with Gasteiger partial charge >= 0.3 is 0 Å². The van der Waals surface area contributed by atoms with Crippen LogP contribution in [-0.2, 0) is 0 Å². The van der Waals surface area contributed by atoms with E-state index >= 15 is 0 Å². The molecule has 0 rings (SSSR count). The first-order valence-electron chi connectivity index (χ1n) is 5.94. The Morgan fingerprint density at radius 3 is 2.15 bits per heavy atom. The summed E-state index contributed by atoms with van der Waals surface area (Å²) in [4.78, 5) is 0. The molecule has 0 aromatic carbocycles. The highest BCUT2D eigenvalue weighted by Gasteiger charge is 2.06. The number of rotatable bonds is 8. The van der Waals surface area contributed by atoms with Crippen LogP contribution in [-0.4, -0.2) is 12.6 Å². The van der Waals surface area contributed by atoms with Crippen LogP contribution in [0.15, 0.2) is 0 Å². The Kier molecular flexibility index (Phi) is 8.53. The predicted molar refractivity (Wildman–Crippen MR) is 61.1 cm³/mol. The summed E-state index contributed by atoms with van der Waals surface area (Å²) in [6.45, 7) is 10.3. The second-order valence-electron chi connectivity index (χ2n) is 4.43. The predicted octanol–water partition coefficient (Wildman–Crippen LogP) is 3.59. The molecule has 0 heterocycles. The number of hydrogen-bond donors (Lipinski definition) is 1. The molecular formula is C12H27N. The van der Waals surface area contributed by atoms with Gasteiger partial charge in [0.2, 0.25) is 0 Å². The molecule has 0 fully saturated rings. The maximum Gasteiger partial charge on any atom is 0.00670 e. The molecule has 1 unspecified atom stereocenters. The molecule has 0 aromatic rings. The molecule has 1 N–H and O–H groups in total. The summed E-state index contributed by atoms with van der Waals surface area (Å²) in [5.74, 6) is 0.779. The molecule has 1 atom stereocenters. The Hall–Kier alpha value is -0.0400. The van der Waals surface area contributed by atoms with Crippen LogP contribution in [0.4, 0.5) is 0 Å². The molecule has 0 saturated carbocycles. The summed E-state index contributed by atoms with van der Waals surface area (Å²) in [5.41, 5.74) is 0. The van der Waals surface area contributed by atoms with Gasteiger partial charge in [0.15, 0.2) is 0 Å². The van der Waals surface area contributed by atoms with Crippen molar-refractivity contribution in [2.45, 2.75) is 65.8 Å². The lowest BCUT2D eigenvalue weighted by atomic mass is 10.0. The first-order chi connectivity index (χ1) is 6.20. The maximum absolute atomic E-state index is 3.65. The Labute approximate surface area is 84.3 Å². The molecule has 0 aliphatic heterocycles. The zero-order valence-corrected chi connectivity index (χ0v) is 9.90. The van der Waals surface area contributed by atoms with Gasteiger partial charge in [0.05, 0.1) is 0 Å². The van der Waals surface area contributed by atoms with Crippen molar-refractivity contribution in [1.29, 1.82) is 0 Å². The van der Waals surface area contributed by atoms with E-state index in [1.807, 2.05) is 0 Å². The highest BCUT2D eigenvalue weighted by molar-refractivity contribution is 4.66. The van der Waals surface area contributed by atoms with E-state index in [0.717, 1.165) is 12.0 Å². The molecule has 0 aliphatic rings. The van der Waals surface area contributed by atoms with E-state index in [1.165, 1.54) is 38.6 Å². The van der Waals surface area contributed by atoms with Crippen molar-refractivity contribution >= 4 is 0 Å². The summed E-state index contributed by atoms with van der Waals surface area (Å²) < 4.78 is 0. The van der Waals surface area contributed by atoms with Gasteiger partial charge < -0.3 is 5.32 Å². The Morgan fingerprint density at radius 1 is 1.00 bits per heavy atom. The average Bonchev–Trinajstić information content (AvgIpc) is 2.09. The normalized spacial score (nSPS) is 13.6. The number of nitrogens with one attached hydrogen (secondary N) is 1. The molecule has 1 heteroatoms. The smallest absolute Gasteiger partial charge is 0.00670 e. The highest BCUT2D eigenvalue weighted by atomic mass is 14.9. The van der Waals surface area contributed by atoms with Crippen molar-refractivity contribution in [3.63, 3.8) is 0 Å². The highest BCUT2D eigenvalue weighted by Crippen LogP contribution is 2.07. The van der Waals surface area contributed by atoms with E-state index < -0.39 is 0 Å². The first kappa shape index (κ1) is 13.0. The Morgan fingerprint density at radius 2 is 1.69 bits per heavy atom. The fourth-order valence-corrected chi connectivity index (χ4v) is 1.55. The van der Waals surface area contributed by atoms with E-state index in [-0.39, 0.29) is 0 Å². The lowest BCUT2D eigenvalue weighted by Gasteiger charge is -2.19. The Balaban J connectivity index is 3.53. The molecule has 0 radical (unpaired) electrons. The second-order valence-corrected chi connectivity index (χ2v) is 4.43. The molecular weight excluding hydrogens is 158 g/mol. The molecule has 1 nitrogen and oxygen atoms in total. The molecule has 0 spiro atoms. The molecule has 13 heavy (non-hydrogen) atoms. The van der Waals surface area contributed by atoms with Gasteiger partial charge in [0.25, 0.3) is 0 Å². The summed E-state index contributed by atoms with van der Waals surface area (Å²) in [6, 6.07) is 0.771. The van der Waals surface area contributed by atoms with Crippen LogP contribution in [0.2, 0.25) is 0 Å². The van der Waals surface area contributed by atoms with Crippen molar-refractivity contribution in [2.75, 3.05) is 6.54 Å². The molecule has 0 saturated heterocycles. The third-order valence-electron chi connectivity index (χ3n) is 2.36. The van der Waals surface area contributed by atoms with Crippen LogP contribution in [0, 0.1) is 5.92 Å². The van der Waals surface area contributed by atoms with Gasteiger partial charge in [0, 0.05) is 6.04 Å². The van der Waals surface area contributed by atoms with Gasteiger partial charge in [-0.2, -0.15) is 0 Å².